The second kappa shape index (κ2) is 6.46. The number of nitrogens with one attached hydrogen (secondary N) is 2. The topological polar surface area (TPSA) is 101 Å². The van der Waals surface area contributed by atoms with Crippen LogP contribution in [0.3, 0.4) is 0 Å². The number of hydrogen-bond donors (Lipinski definition) is 2. The van der Waals surface area contributed by atoms with Crippen molar-refractivity contribution in [1.82, 2.24) is 14.9 Å². The van der Waals surface area contributed by atoms with Crippen LogP contribution in [0.4, 0.5) is 9.52 Å². The highest BCUT2D eigenvalue weighted by Gasteiger charge is 2.23. The smallest absolute Gasteiger partial charge is 0.270 e. The Labute approximate surface area is 130 Å². The van der Waals surface area contributed by atoms with Crippen LogP contribution < -0.4 is 10.0 Å². The highest BCUT2D eigenvalue weighted by atomic mass is 32.2. The molecule has 0 aliphatic rings. The Hall–Kier alpha value is -1.91. The van der Waals surface area contributed by atoms with Gasteiger partial charge in [0.25, 0.3) is 10.0 Å². The lowest BCUT2D eigenvalue weighted by Crippen LogP contribution is -2.26. The maximum Gasteiger partial charge on any atom is 0.270 e. The Morgan fingerprint density at radius 2 is 1.91 bits per heavy atom. The number of aromatic nitrogens is 2. The molecule has 0 saturated carbocycles. The number of rotatable bonds is 5. The van der Waals surface area contributed by atoms with E-state index in [-0.39, 0.29) is 15.4 Å². The van der Waals surface area contributed by atoms with Gasteiger partial charge in [0.2, 0.25) is 15.4 Å². The molecule has 1 heterocycles. The van der Waals surface area contributed by atoms with Gasteiger partial charge in [0.15, 0.2) is 0 Å². The molecule has 1 amide bonds. The minimum Gasteiger partial charge on any atom is -0.301 e. The zero-order valence-corrected chi connectivity index (χ0v) is 13.3. The largest absolute Gasteiger partial charge is 0.301 e. The number of halogens is 1. The molecular formula is C12H13FN4O3S2. The van der Waals surface area contributed by atoms with E-state index in [4.69, 9.17) is 0 Å². The first kappa shape index (κ1) is 16.5. The minimum absolute atomic E-state index is 0.0994. The third-order valence-electron chi connectivity index (χ3n) is 2.62. The van der Waals surface area contributed by atoms with Gasteiger partial charge in [-0.1, -0.05) is 23.5 Å². The van der Waals surface area contributed by atoms with Crippen LogP contribution in [0.25, 0.3) is 0 Å². The lowest BCUT2D eigenvalue weighted by atomic mass is 10.1. The summed E-state index contributed by atoms with van der Waals surface area (Å²) in [6, 6.07) is 4.91. The summed E-state index contributed by atoms with van der Waals surface area (Å²) < 4.78 is 39.4. The molecule has 0 aliphatic carbocycles. The van der Waals surface area contributed by atoms with Crippen LogP contribution in [-0.2, 0) is 14.8 Å². The molecule has 1 aromatic carbocycles. The molecule has 2 N–H and O–H groups in total. The quantitative estimate of drug-likeness (QED) is 0.804. The summed E-state index contributed by atoms with van der Waals surface area (Å²) in [7, 11) is -3.88. The zero-order chi connectivity index (χ0) is 16.3. The molecule has 7 nitrogen and oxygen atoms in total. The predicted molar refractivity (Wildman–Crippen MR) is 79.3 cm³/mol. The van der Waals surface area contributed by atoms with Crippen molar-refractivity contribution in [2.75, 3.05) is 5.32 Å². The second-order valence-electron chi connectivity index (χ2n) is 4.45. The van der Waals surface area contributed by atoms with E-state index < -0.39 is 21.9 Å². The first-order valence-electron chi connectivity index (χ1n) is 6.17. The van der Waals surface area contributed by atoms with Crippen molar-refractivity contribution >= 4 is 32.4 Å². The maximum absolute atomic E-state index is 12.9. The van der Waals surface area contributed by atoms with Crippen molar-refractivity contribution in [3.63, 3.8) is 0 Å². The van der Waals surface area contributed by atoms with E-state index in [1.807, 2.05) is 0 Å². The number of nitrogens with zero attached hydrogens (tertiary/aromatic N) is 2. The monoisotopic (exact) mass is 344 g/mol. The fourth-order valence-electron chi connectivity index (χ4n) is 1.62. The number of hydrogen-bond acceptors (Lipinski definition) is 6. The average Bonchev–Trinajstić information content (AvgIpc) is 2.87. The van der Waals surface area contributed by atoms with Gasteiger partial charge in [-0.15, -0.1) is 10.2 Å². The fraction of sp³-hybridized carbons (Fsp3) is 0.250. The minimum atomic E-state index is -3.88. The highest BCUT2D eigenvalue weighted by Crippen LogP contribution is 2.22. The van der Waals surface area contributed by atoms with Crippen LogP contribution in [0, 0.1) is 5.82 Å². The molecule has 0 spiro atoms. The van der Waals surface area contributed by atoms with Gasteiger partial charge in [0.05, 0.1) is 0 Å². The summed E-state index contributed by atoms with van der Waals surface area (Å²) in [5, 5.41) is 9.59. The van der Waals surface area contributed by atoms with Crippen LogP contribution in [0.15, 0.2) is 28.6 Å². The molecule has 0 unspecified atom stereocenters. The molecule has 0 saturated heterocycles. The molecule has 118 valence electrons. The van der Waals surface area contributed by atoms with Crippen LogP contribution in [-0.4, -0.2) is 24.5 Å². The molecule has 0 radical (unpaired) electrons. The molecule has 22 heavy (non-hydrogen) atoms. The van der Waals surface area contributed by atoms with Crippen LogP contribution in [0.5, 0.6) is 0 Å². The molecule has 10 heteroatoms. The van der Waals surface area contributed by atoms with Crippen molar-refractivity contribution < 1.29 is 17.6 Å². The number of amides is 1. The summed E-state index contributed by atoms with van der Waals surface area (Å²) in [4.78, 5) is 10.9. The van der Waals surface area contributed by atoms with E-state index in [0.29, 0.717) is 5.56 Å². The Morgan fingerprint density at radius 3 is 2.50 bits per heavy atom. The molecular weight excluding hydrogens is 331 g/mol. The zero-order valence-electron chi connectivity index (χ0n) is 11.7. The van der Waals surface area contributed by atoms with Gasteiger partial charge in [-0.05, 0) is 24.6 Å². The number of carbonyl (C=O) groups excluding carboxylic acids is 1. The Morgan fingerprint density at radius 1 is 1.27 bits per heavy atom. The molecule has 1 atom stereocenters. The molecule has 2 aromatic rings. The van der Waals surface area contributed by atoms with Crippen molar-refractivity contribution in [1.29, 1.82) is 0 Å². The van der Waals surface area contributed by atoms with E-state index >= 15 is 0 Å². The summed E-state index contributed by atoms with van der Waals surface area (Å²) >= 11 is 0.743. The van der Waals surface area contributed by atoms with Gasteiger partial charge in [-0.25, -0.2) is 17.5 Å². The van der Waals surface area contributed by atoms with Crippen LogP contribution in [0.1, 0.15) is 25.5 Å². The normalized spacial score (nSPS) is 12.9. The maximum atomic E-state index is 12.9. The van der Waals surface area contributed by atoms with Crippen molar-refractivity contribution in [2.45, 2.75) is 24.2 Å². The van der Waals surface area contributed by atoms with E-state index in [0.717, 1.165) is 11.3 Å². The van der Waals surface area contributed by atoms with E-state index in [2.05, 4.69) is 20.2 Å². The number of benzene rings is 1. The number of sulfonamides is 1. The van der Waals surface area contributed by atoms with E-state index in [1.54, 1.807) is 6.92 Å². The highest BCUT2D eigenvalue weighted by molar-refractivity contribution is 7.91. The Bertz CT molecular complexity index is 774. The molecule has 2 rings (SSSR count). The van der Waals surface area contributed by atoms with Gasteiger partial charge >= 0.3 is 0 Å². The summed E-state index contributed by atoms with van der Waals surface area (Å²) in [5.74, 6) is -0.768. The first-order valence-corrected chi connectivity index (χ1v) is 8.47. The second-order valence-corrected chi connectivity index (χ2v) is 7.31. The first-order chi connectivity index (χ1) is 10.3. The van der Waals surface area contributed by atoms with Gasteiger partial charge < -0.3 is 5.32 Å². The summed E-state index contributed by atoms with van der Waals surface area (Å²) in [5.41, 5.74) is 0.608. The van der Waals surface area contributed by atoms with Gasteiger partial charge in [0.1, 0.15) is 5.82 Å². The van der Waals surface area contributed by atoms with Gasteiger partial charge in [-0.3, -0.25) is 4.79 Å². The molecule has 0 bridgehead atoms. The average molecular weight is 344 g/mol. The van der Waals surface area contributed by atoms with Crippen LogP contribution in [0.2, 0.25) is 0 Å². The third-order valence-corrected chi connectivity index (χ3v) is 5.37. The Balaban J connectivity index is 2.14. The van der Waals surface area contributed by atoms with Crippen LogP contribution >= 0.6 is 11.3 Å². The van der Waals surface area contributed by atoms with Crippen molar-refractivity contribution in [3.8, 4) is 0 Å². The van der Waals surface area contributed by atoms with Crippen molar-refractivity contribution in [2.24, 2.45) is 0 Å². The third kappa shape index (κ3) is 4.06. The molecule has 0 fully saturated rings. The van der Waals surface area contributed by atoms with Crippen molar-refractivity contribution in [3.05, 3.63) is 35.6 Å². The Kier molecular flexibility index (Phi) is 4.84. The lowest BCUT2D eigenvalue weighted by molar-refractivity contribution is -0.114. The summed E-state index contributed by atoms with van der Waals surface area (Å²) in [6.45, 7) is 2.91. The van der Waals surface area contributed by atoms with E-state index in [9.17, 15) is 17.6 Å². The SMILES string of the molecule is CC(=O)Nc1nnc(S(=O)(=O)N[C@H](C)c2ccc(F)cc2)s1. The lowest BCUT2D eigenvalue weighted by Gasteiger charge is -2.12. The van der Waals surface area contributed by atoms with E-state index in [1.165, 1.54) is 31.2 Å². The number of anilines is 1. The standard InChI is InChI=1S/C12H13FN4O3S2/c1-7(9-3-5-10(13)6-4-9)17-22(19,20)12-16-15-11(21-12)14-8(2)18/h3-7,17H,1-2H3,(H,14,15,18)/t7-/m1/s1. The molecule has 1 aromatic heterocycles. The number of carbonyl (C=O) groups is 1. The van der Waals surface area contributed by atoms with Gasteiger partial charge in [0, 0.05) is 13.0 Å². The van der Waals surface area contributed by atoms with Gasteiger partial charge in [-0.2, -0.15) is 0 Å². The molecule has 0 aliphatic heterocycles. The summed E-state index contributed by atoms with van der Waals surface area (Å²) in [6.07, 6.45) is 0. The predicted octanol–water partition coefficient (Wildman–Crippen LogP) is 1.68. The fourth-order valence-corrected chi connectivity index (χ4v) is 3.82.